The normalized spacial score (nSPS) is 25.9. The first-order valence-corrected chi connectivity index (χ1v) is 6.64. The van der Waals surface area contributed by atoms with Crippen molar-refractivity contribution in [2.24, 2.45) is 4.99 Å². The molecular weight excluding hydrogens is 242 g/mol. The van der Waals surface area contributed by atoms with E-state index in [4.69, 9.17) is 0 Å². The highest BCUT2D eigenvalue weighted by Gasteiger charge is 2.52. The third-order valence-electron chi connectivity index (χ3n) is 3.05. The van der Waals surface area contributed by atoms with Gasteiger partial charge in [0.2, 0.25) is 11.8 Å². The quantitative estimate of drug-likeness (QED) is 0.835. The molecular formula is C15H12NOS+. The molecule has 2 nitrogen and oxygen atoms in total. The van der Waals surface area contributed by atoms with E-state index in [2.05, 4.69) is 10.5 Å². The van der Waals surface area contributed by atoms with Crippen LogP contribution in [0.5, 0.6) is 0 Å². The largest absolute Gasteiger partial charge is 0.451 e. The molecule has 2 unspecified atom stereocenters. The van der Waals surface area contributed by atoms with Gasteiger partial charge in [-0.25, -0.2) is 0 Å². The van der Waals surface area contributed by atoms with E-state index in [1.165, 1.54) is 11.8 Å². The Balaban J connectivity index is 2.03. The van der Waals surface area contributed by atoms with Gasteiger partial charge in [-0.2, -0.15) is 0 Å². The zero-order valence-corrected chi connectivity index (χ0v) is 10.5. The van der Waals surface area contributed by atoms with E-state index in [9.17, 15) is 5.11 Å². The molecule has 1 aliphatic heterocycles. The predicted octanol–water partition coefficient (Wildman–Crippen LogP) is 3.23. The van der Waals surface area contributed by atoms with E-state index in [1.54, 1.807) is 0 Å². The first kappa shape index (κ1) is 11.4. The van der Waals surface area contributed by atoms with Crippen LogP contribution in [0.2, 0.25) is 0 Å². The Morgan fingerprint density at radius 1 is 1.00 bits per heavy atom. The number of hydrogen-bond donors (Lipinski definition) is 1. The topological polar surface area (TPSA) is 32.6 Å². The van der Waals surface area contributed by atoms with Crippen LogP contribution in [-0.4, -0.2) is 10.7 Å². The van der Waals surface area contributed by atoms with Crippen LogP contribution in [-0.2, 0) is 5.72 Å². The molecule has 0 amide bonds. The van der Waals surface area contributed by atoms with Crippen LogP contribution in [0.25, 0.3) is 0 Å². The molecule has 2 aromatic carbocycles. The summed E-state index contributed by atoms with van der Waals surface area (Å²) >= 11 is 1.43. The molecule has 1 heterocycles. The SMILES string of the molecule is OC1(c2ccccc2)N=[C+]SC1c1ccccc1. The van der Waals surface area contributed by atoms with Gasteiger partial charge in [-0.3, -0.25) is 0 Å². The standard InChI is InChI=1S/C15H12NOS/c17-15(13-9-5-2-6-10-13)14(18-11-16-15)12-7-3-1-4-8-12/h1-10,14,17H/q+1. The summed E-state index contributed by atoms with van der Waals surface area (Å²) in [5.74, 6) is 0. The summed E-state index contributed by atoms with van der Waals surface area (Å²) in [7, 11) is 0. The van der Waals surface area contributed by atoms with Crippen molar-refractivity contribution in [3.8, 4) is 0 Å². The summed E-state index contributed by atoms with van der Waals surface area (Å²) in [6, 6.07) is 19.5. The molecule has 0 spiro atoms. The Hall–Kier alpha value is -1.67. The molecule has 2 aromatic rings. The first-order chi connectivity index (χ1) is 8.81. The fraction of sp³-hybridized carbons (Fsp3) is 0.133. The monoisotopic (exact) mass is 254 g/mol. The minimum atomic E-state index is -1.21. The number of aliphatic hydroxyl groups is 1. The van der Waals surface area contributed by atoms with E-state index >= 15 is 0 Å². The van der Waals surface area contributed by atoms with Crippen LogP contribution < -0.4 is 0 Å². The van der Waals surface area contributed by atoms with Crippen LogP contribution in [0.1, 0.15) is 16.4 Å². The van der Waals surface area contributed by atoms with Crippen molar-refractivity contribution >= 4 is 17.3 Å². The smallest absolute Gasteiger partial charge is 0.361 e. The Labute approximate surface area is 110 Å². The van der Waals surface area contributed by atoms with Crippen molar-refractivity contribution in [2.75, 3.05) is 0 Å². The van der Waals surface area contributed by atoms with Crippen molar-refractivity contribution in [1.82, 2.24) is 0 Å². The van der Waals surface area contributed by atoms with Crippen molar-refractivity contribution in [1.29, 1.82) is 0 Å². The van der Waals surface area contributed by atoms with Gasteiger partial charge in [0.05, 0.1) is 0 Å². The maximum Gasteiger partial charge on any atom is 0.451 e. The number of aliphatic imine (C=N–C) groups is 1. The van der Waals surface area contributed by atoms with Crippen molar-refractivity contribution in [3.63, 3.8) is 0 Å². The summed E-state index contributed by atoms with van der Waals surface area (Å²) in [4.78, 5) is 4.16. The summed E-state index contributed by atoms with van der Waals surface area (Å²) in [5.41, 5.74) is 3.50. The third-order valence-corrected chi connectivity index (χ3v) is 4.09. The highest BCUT2D eigenvalue weighted by molar-refractivity contribution is 8.12. The average Bonchev–Trinajstić information content (AvgIpc) is 2.84. The Bertz CT molecular complexity index is 555. The molecule has 0 aromatic heterocycles. The van der Waals surface area contributed by atoms with Crippen molar-refractivity contribution < 1.29 is 5.11 Å². The minimum absolute atomic E-state index is 0.138. The Morgan fingerprint density at radius 3 is 2.28 bits per heavy atom. The lowest BCUT2D eigenvalue weighted by atomic mass is 9.95. The summed E-state index contributed by atoms with van der Waals surface area (Å²) in [6.07, 6.45) is 0. The maximum atomic E-state index is 10.8. The zero-order valence-electron chi connectivity index (χ0n) is 9.65. The minimum Gasteiger partial charge on any atom is -0.361 e. The van der Waals surface area contributed by atoms with Crippen LogP contribution >= 0.6 is 11.8 Å². The molecule has 3 rings (SSSR count). The molecule has 0 saturated heterocycles. The molecule has 0 saturated carbocycles. The van der Waals surface area contributed by atoms with Gasteiger partial charge in [0.25, 0.3) is 5.72 Å². The van der Waals surface area contributed by atoms with E-state index in [0.717, 1.165) is 11.1 Å². The predicted molar refractivity (Wildman–Crippen MR) is 74.5 cm³/mol. The Kier molecular flexibility index (Phi) is 2.88. The third kappa shape index (κ3) is 1.83. The van der Waals surface area contributed by atoms with Gasteiger partial charge < -0.3 is 5.11 Å². The first-order valence-electron chi connectivity index (χ1n) is 5.76. The molecule has 0 aliphatic carbocycles. The van der Waals surface area contributed by atoms with Gasteiger partial charge in [0.15, 0.2) is 0 Å². The van der Waals surface area contributed by atoms with Crippen molar-refractivity contribution in [2.45, 2.75) is 11.0 Å². The van der Waals surface area contributed by atoms with Gasteiger partial charge in [-0.05, 0) is 5.56 Å². The van der Waals surface area contributed by atoms with Gasteiger partial charge in [-0.1, -0.05) is 60.7 Å². The number of rotatable bonds is 2. The van der Waals surface area contributed by atoms with Crippen molar-refractivity contribution in [3.05, 3.63) is 71.8 Å². The second-order valence-corrected chi connectivity index (χ2v) is 5.09. The highest BCUT2D eigenvalue weighted by atomic mass is 32.2. The van der Waals surface area contributed by atoms with E-state index in [0.29, 0.717) is 0 Å². The molecule has 3 heteroatoms. The second-order valence-electron chi connectivity index (χ2n) is 4.20. The molecule has 88 valence electrons. The molecule has 2 atom stereocenters. The number of hydrogen-bond acceptors (Lipinski definition) is 3. The van der Waals surface area contributed by atoms with Crippen LogP contribution in [0, 0.1) is 0 Å². The zero-order chi connectivity index (χ0) is 12.4. The maximum absolute atomic E-state index is 10.8. The Morgan fingerprint density at radius 2 is 1.61 bits per heavy atom. The van der Waals surface area contributed by atoms with Gasteiger partial charge >= 0.3 is 5.55 Å². The number of benzene rings is 2. The van der Waals surface area contributed by atoms with Crippen LogP contribution in [0.4, 0.5) is 0 Å². The lowest BCUT2D eigenvalue weighted by Gasteiger charge is -2.22. The number of nitrogens with zero attached hydrogens (tertiary/aromatic N) is 1. The molecule has 18 heavy (non-hydrogen) atoms. The van der Waals surface area contributed by atoms with Crippen LogP contribution in [0.3, 0.4) is 0 Å². The van der Waals surface area contributed by atoms with E-state index in [-0.39, 0.29) is 5.25 Å². The lowest BCUT2D eigenvalue weighted by molar-refractivity contribution is 0.0472. The van der Waals surface area contributed by atoms with E-state index in [1.807, 2.05) is 60.7 Å². The summed E-state index contributed by atoms with van der Waals surface area (Å²) in [6.45, 7) is 0. The molecule has 0 radical (unpaired) electrons. The number of thioether (sulfide) groups is 1. The summed E-state index contributed by atoms with van der Waals surface area (Å²) in [5, 5.41) is 10.7. The average molecular weight is 254 g/mol. The summed E-state index contributed by atoms with van der Waals surface area (Å²) < 4.78 is 0. The van der Waals surface area contributed by atoms with Gasteiger partial charge in [0.1, 0.15) is 5.25 Å². The molecule has 1 N–H and O–H groups in total. The molecule has 0 fully saturated rings. The van der Waals surface area contributed by atoms with Gasteiger partial charge in [0, 0.05) is 10.6 Å². The fourth-order valence-corrected chi connectivity index (χ4v) is 3.06. The lowest BCUT2D eigenvalue weighted by Crippen LogP contribution is -2.26. The van der Waals surface area contributed by atoms with Gasteiger partial charge in [-0.15, -0.1) is 0 Å². The van der Waals surface area contributed by atoms with E-state index < -0.39 is 5.72 Å². The van der Waals surface area contributed by atoms with Crippen LogP contribution in [0.15, 0.2) is 65.7 Å². The fourth-order valence-electron chi connectivity index (χ4n) is 2.12. The highest BCUT2D eigenvalue weighted by Crippen LogP contribution is 2.48. The molecule has 0 bridgehead atoms. The second kappa shape index (κ2) is 4.54. The molecule has 1 aliphatic rings.